The number of nitrogens with zero attached hydrogens (tertiary/aromatic N) is 1. The summed E-state index contributed by atoms with van der Waals surface area (Å²) in [5.74, 6) is 0. The fraction of sp³-hybridized carbons (Fsp3) is 0.214. The minimum absolute atomic E-state index is 0.286. The number of fused-ring (bicyclic) bond motifs is 1. The van der Waals surface area contributed by atoms with Crippen molar-refractivity contribution in [3.8, 4) is 0 Å². The Balaban J connectivity index is 2.28. The van der Waals surface area contributed by atoms with Crippen LogP contribution in [0.4, 0.5) is 0 Å². The van der Waals surface area contributed by atoms with Gasteiger partial charge in [0.15, 0.2) is 0 Å². The van der Waals surface area contributed by atoms with E-state index >= 15 is 0 Å². The lowest BCUT2D eigenvalue weighted by atomic mass is 10.1. The molecule has 1 aromatic heterocycles. The molecule has 82 valence electrons. The molecule has 0 saturated heterocycles. The molecule has 0 aliphatic heterocycles. The van der Waals surface area contributed by atoms with Crippen LogP contribution in [0.15, 0.2) is 49.1 Å². The van der Waals surface area contributed by atoms with Crippen molar-refractivity contribution in [1.29, 1.82) is 0 Å². The number of nitrogens with one attached hydrogen (secondary N) is 1. The van der Waals surface area contributed by atoms with Crippen molar-refractivity contribution in [3.63, 3.8) is 0 Å². The maximum absolute atomic E-state index is 4.62. The van der Waals surface area contributed by atoms with E-state index < -0.39 is 0 Å². The van der Waals surface area contributed by atoms with E-state index in [1.54, 1.807) is 0 Å². The summed E-state index contributed by atoms with van der Waals surface area (Å²) < 4.78 is 0. The van der Waals surface area contributed by atoms with Gasteiger partial charge in [-0.15, -0.1) is 6.58 Å². The normalized spacial score (nSPS) is 12.6. The van der Waals surface area contributed by atoms with E-state index in [4.69, 9.17) is 0 Å². The molecule has 0 bridgehead atoms. The van der Waals surface area contributed by atoms with Crippen molar-refractivity contribution in [1.82, 2.24) is 10.3 Å². The number of rotatable bonds is 4. The Hall–Kier alpha value is -1.67. The van der Waals surface area contributed by atoms with Crippen LogP contribution in [0.1, 0.15) is 5.69 Å². The Kier molecular flexibility index (Phi) is 3.32. The zero-order chi connectivity index (χ0) is 11.4. The highest BCUT2D eigenvalue weighted by Gasteiger charge is 2.04. The van der Waals surface area contributed by atoms with Gasteiger partial charge in [-0.25, -0.2) is 0 Å². The predicted octanol–water partition coefficient (Wildman–Crippen LogP) is 2.55. The van der Waals surface area contributed by atoms with E-state index in [1.807, 2.05) is 31.3 Å². The first-order chi connectivity index (χ1) is 7.83. The summed E-state index contributed by atoms with van der Waals surface area (Å²) in [6.45, 7) is 3.80. The average molecular weight is 212 g/mol. The van der Waals surface area contributed by atoms with Gasteiger partial charge in [0.25, 0.3) is 0 Å². The van der Waals surface area contributed by atoms with Crippen LogP contribution in [0.25, 0.3) is 10.9 Å². The van der Waals surface area contributed by atoms with Gasteiger partial charge in [-0.2, -0.15) is 0 Å². The zero-order valence-corrected chi connectivity index (χ0v) is 9.48. The number of benzene rings is 1. The molecule has 0 amide bonds. The van der Waals surface area contributed by atoms with E-state index in [2.05, 4.69) is 35.1 Å². The SMILES string of the molecule is C=CC(Cc1ccc2ccccc2n1)NC. The first-order valence-electron chi connectivity index (χ1n) is 5.48. The summed E-state index contributed by atoms with van der Waals surface area (Å²) in [6, 6.07) is 12.7. The maximum Gasteiger partial charge on any atom is 0.0705 e. The molecular formula is C14H16N2. The van der Waals surface area contributed by atoms with Gasteiger partial charge < -0.3 is 5.32 Å². The van der Waals surface area contributed by atoms with Gasteiger partial charge in [0.05, 0.1) is 5.52 Å². The smallest absolute Gasteiger partial charge is 0.0705 e. The van der Waals surface area contributed by atoms with Crippen LogP contribution < -0.4 is 5.32 Å². The van der Waals surface area contributed by atoms with E-state index in [-0.39, 0.29) is 6.04 Å². The maximum atomic E-state index is 4.62. The second-order valence-electron chi connectivity index (χ2n) is 3.83. The van der Waals surface area contributed by atoms with Crippen molar-refractivity contribution in [2.24, 2.45) is 0 Å². The molecule has 2 heteroatoms. The highest BCUT2D eigenvalue weighted by molar-refractivity contribution is 5.78. The second kappa shape index (κ2) is 4.90. The minimum atomic E-state index is 0.286. The molecule has 2 rings (SSSR count). The highest BCUT2D eigenvalue weighted by atomic mass is 14.9. The van der Waals surface area contributed by atoms with Gasteiger partial charge in [-0.05, 0) is 19.2 Å². The molecule has 16 heavy (non-hydrogen) atoms. The van der Waals surface area contributed by atoms with E-state index in [0.717, 1.165) is 17.6 Å². The van der Waals surface area contributed by atoms with Gasteiger partial charge in [-0.1, -0.05) is 30.3 Å². The van der Waals surface area contributed by atoms with Crippen LogP contribution in [-0.2, 0) is 6.42 Å². The first kappa shape index (κ1) is 10.8. The quantitative estimate of drug-likeness (QED) is 0.788. The van der Waals surface area contributed by atoms with Crippen LogP contribution in [0.5, 0.6) is 0 Å². The third-order valence-corrected chi connectivity index (χ3v) is 2.74. The van der Waals surface area contributed by atoms with Crippen LogP contribution in [-0.4, -0.2) is 18.1 Å². The van der Waals surface area contributed by atoms with Crippen molar-refractivity contribution >= 4 is 10.9 Å². The summed E-state index contributed by atoms with van der Waals surface area (Å²) in [4.78, 5) is 4.62. The number of likely N-dealkylation sites (N-methyl/N-ethyl adjacent to an activating group) is 1. The molecule has 1 atom stereocenters. The molecule has 1 aromatic carbocycles. The summed E-state index contributed by atoms with van der Waals surface area (Å²) in [7, 11) is 1.94. The van der Waals surface area contributed by atoms with Crippen LogP contribution >= 0.6 is 0 Å². The minimum Gasteiger partial charge on any atom is -0.313 e. The number of hydrogen-bond acceptors (Lipinski definition) is 2. The lowest BCUT2D eigenvalue weighted by Crippen LogP contribution is -2.25. The molecule has 1 heterocycles. The molecule has 2 nitrogen and oxygen atoms in total. The van der Waals surface area contributed by atoms with E-state index in [9.17, 15) is 0 Å². The Morgan fingerprint density at radius 2 is 2.12 bits per heavy atom. The Bertz CT molecular complexity index is 491. The number of pyridine rings is 1. The number of hydrogen-bond donors (Lipinski definition) is 1. The molecule has 0 aliphatic carbocycles. The van der Waals surface area contributed by atoms with Gasteiger partial charge in [-0.3, -0.25) is 4.98 Å². The lowest BCUT2D eigenvalue weighted by molar-refractivity contribution is 0.657. The molecule has 0 radical (unpaired) electrons. The third-order valence-electron chi connectivity index (χ3n) is 2.74. The lowest BCUT2D eigenvalue weighted by Gasteiger charge is -2.10. The van der Waals surface area contributed by atoms with Gasteiger partial charge >= 0.3 is 0 Å². The summed E-state index contributed by atoms with van der Waals surface area (Å²) in [6.07, 6.45) is 2.79. The summed E-state index contributed by atoms with van der Waals surface area (Å²) in [5, 5.41) is 4.38. The molecule has 1 N–H and O–H groups in total. The Morgan fingerprint density at radius 1 is 1.31 bits per heavy atom. The molecule has 0 aliphatic rings. The van der Waals surface area contributed by atoms with Crippen LogP contribution in [0, 0.1) is 0 Å². The zero-order valence-electron chi connectivity index (χ0n) is 9.48. The van der Waals surface area contributed by atoms with Crippen molar-refractivity contribution in [3.05, 3.63) is 54.7 Å². The van der Waals surface area contributed by atoms with E-state index in [0.29, 0.717) is 0 Å². The van der Waals surface area contributed by atoms with Gasteiger partial charge in [0.1, 0.15) is 0 Å². The standard InChI is InChI=1S/C14H16N2/c1-3-12(15-2)10-13-9-8-11-6-4-5-7-14(11)16-13/h3-9,12,15H,1,10H2,2H3. The van der Waals surface area contributed by atoms with E-state index in [1.165, 1.54) is 5.39 Å². The Labute approximate surface area is 96.0 Å². The second-order valence-corrected chi connectivity index (χ2v) is 3.83. The molecule has 1 unspecified atom stereocenters. The van der Waals surface area contributed by atoms with Crippen molar-refractivity contribution in [2.45, 2.75) is 12.5 Å². The molecular weight excluding hydrogens is 196 g/mol. The summed E-state index contributed by atoms with van der Waals surface area (Å²) >= 11 is 0. The third kappa shape index (κ3) is 2.28. The predicted molar refractivity (Wildman–Crippen MR) is 68.5 cm³/mol. The monoisotopic (exact) mass is 212 g/mol. The van der Waals surface area contributed by atoms with Crippen molar-refractivity contribution < 1.29 is 0 Å². The number of aromatic nitrogens is 1. The first-order valence-corrected chi connectivity index (χ1v) is 5.48. The average Bonchev–Trinajstić information content (AvgIpc) is 2.35. The highest BCUT2D eigenvalue weighted by Crippen LogP contribution is 2.12. The largest absolute Gasteiger partial charge is 0.313 e. The Morgan fingerprint density at radius 3 is 2.88 bits per heavy atom. The molecule has 2 aromatic rings. The number of para-hydroxylation sites is 1. The fourth-order valence-corrected chi connectivity index (χ4v) is 1.75. The summed E-state index contributed by atoms with van der Waals surface area (Å²) in [5.41, 5.74) is 2.15. The molecule has 0 spiro atoms. The molecule has 0 saturated carbocycles. The topological polar surface area (TPSA) is 24.9 Å². The van der Waals surface area contributed by atoms with Crippen LogP contribution in [0.2, 0.25) is 0 Å². The van der Waals surface area contributed by atoms with Crippen LogP contribution in [0.3, 0.4) is 0 Å². The van der Waals surface area contributed by atoms with Gasteiger partial charge in [0, 0.05) is 23.5 Å². The fourth-order valence-electron chi connectivity index (χ4n) is 1.75. The van der Waals surface area contributed by atoms with Crippen molar-refractivity contribution in [2.75, 3.05) is 7.05 Å². The molecule has 0 fully saturated rings. The van der Waals surface area contributed by atoms with Gasteiger partial charge in [0.2, 0.25) is 0 Å².